The molecule has 0 unspecified atom stereocenters. The zero-order valence-corrected chi connectivity index (χ0v) is 19.8. The summed E-state index contributed by atoms with van der Waals surface area (Å²) < 4.78 is 20.2. The van der Waals surface area contributed by atoms with Crippen molar-refractivity contribution in [1.82, 2.24) is 0 Å². The predicted octanol–water partition coefficient (Wildman–Crippen LogP) is 7.13. The molecule has 0 aliphatic heterocycles. The van der Waals surface area contributed by atoms with E-state index in [0.717, 1.165) is 5.56 Å². The van der Waals surface area contributed by atoms with E-state index >= 15 is 0 Å². The molecule has 0 saturated carbocycles. The number of amides is 1. The van der Waals surface area contributed by atoms with Gasteiger partial charge < -0.3 is 10.1 Å². The first-order valence-electron chi connectivity index (χ1n) is 8.90. The van der Waals surface area contributed by atoms with Gasteiger partial charge in [-0.05, 0) is 97.6 Å². The van der Waals surface area contributed by atoms with E-state index < -0.39 is 11.7 Å². The van der Waals surface area contributed by atoms with E-state index in [1.165, 1.54) is 30.3 Å². The largest absolute Gasteiger partial charge is 0.487 e. The highest BCUT2D eigenvalue weighted by molar-refractivity contribution is 9.11. The van der Waals surface area contributed by atoms with Crippen LogP contribution in [0, 0.1) is 17.1 Å². The third-order valence-corrected chi connectivity index (χ3v) is 5.48. The fourth-order valence-electron chi connectivity index (χ4n) is 2.63. The number of rotatable bonds is 6. The van der Waals surface area contributed by atoms with Gasteiger partial charge in [0.1, 0.15) is 29.8 Å². The first-order valence-corrected chi connectivity index (χ1v) is 10.9. The summed E-state index contributed by atoms with van der Waals surface area (Å²) in [6.07, 6.45) is 1.45. The van der Waals surface area contributed by atoms with Gasteiger partial charge >= 0.3 is 0 Å². The summed E-state index contributed by atoms with van der Waals surface area (Å²) >= 11 is 12.9. The summed E-state index contributed by atoms with van der Waals surface area (Å²) in [4.78, 5) is 12.4. The Balaban J connectivity index is 1.76. The van der Waals surface area contributed by atoms with Crippen molar-refractivity contribution in [1.29, 1.82) is 5.26 Å². The molecule has 0 spiro atoms. The van der Waals surface area contributed by atoms with E-state index in [-0.39, 0.29) is 5.57 Å². The average molecular weight is 565 g/mol. The summed E-state index contributed by atoms with van der Waals surface area (Å²) in [6.45, 7) is 0.316. The van der Waals surface area contributed by atoms with Crippen molar-refractivity contribution in [3.63, 3.8) is 0 Å². The van der Waals surface area contributed by atoms with Crippen LogP contribution in [-0.4, -0.2) is 5.91 Å². The summed E-state index contributed by atoms with van der Waals surface area (Å²) in [7, 11) is 0. The molecule has 0 aromatic heterocycles. The van der Waals surface area contributed by atoms with Gasteiger partial charge in [-0.1, -0.05) is 23.7 Å². The Morgan fingerprint density at radius 2 is 1.81 bits per heavy atom. The third kappa shape index (κ3) is 6.41. The van der Waals surface area contributed by atoms with Crippen molar-refractivity contribution in [2.24, 2.45) is 0 Å². The number of hydrogen-bond donors (Lipinski definition) is 1. The molecule has 0 atom stereocenters. The first kappa shape index (κ1) is 23.0. The van der Waals surface area contributed by atoms with Gasteiger partial charge in [-0.25, -0.2) is 4.39 Å². The van der Waals surface area contributed by atoms with Crippen LogP contribution < -0.4 is 10.1 Å². The van der Waals surface area contributed by atoms with Gasteiger partial charge in [-0.2, -0.15) is 5.26 Å². The van der Waals surface area contributed by atoms with E-state index in [2.05, 4.69) is 37.2 Å². The molecule has 3 aromatic rings. The lowest BCUT2D eigenvalue weighted by Gasteiger charge is -2.12. The second-order valence-corrected chi connectivity index (χ2v) is 8.51. The fourth-order valence-corrected chi connectivity index (χ4v) is 4.29. The van der Waals surface area contributed by atoms with Crippen LogP contribution in [0.5, 0.6) is 5.75 Å². The number of carbonyl (C=O) groups excluding carboxylic acids is 1. The van der Waals surface area contributed by atoms with Gasteiger partial charge in [0.05, 0.1) is 8.95 Å². The molecule has 4 nitrogen and oxygen atoms in total. The highest BCUT2D eigenvalue weighted by Crippen LogP contribution is 2.36. The van der Waals surface area contributed by atoms with Crippen molar-refractivity contribution in [2.45, 2.75) is 6.61 Å². The summed E-state index contributed by atoms with van der Waals surface area (Å²) in [5.41, 5.74) is 1.81. The quantitative estimate of drug-likeness (QED) is 0.256. The van der Waals surface area contributed by atoms with Gasteiger partial charge in [0.15, 0.2) is 0 Å². The first-order chi connectivity index (χ1) is 14.9. The van der Waals surface area contributed by atoms with Crippen molar-refractivity contribution >= 4 is 61.1 Å². The molecule has 0 heterocycles. The number of hydrogen-bond acceptors (Lipinski definition) is 3. The molecule has 0 bridgehead atoms. The molecular formula is C23H14Br2ClFN2O2. The molecule has 31 heavy (non-hydrogen) atoms. The number of nitrogens with zero attached hydrogens (tertiary/aromatic N) is 1. The molecule has 3 rings (SSSR count). The summed E-state index contributed by atoms with van der Waals surface area (Å²) in [6, 6.07) is 18.0. The van der Waals surface area contributed by atoms with Crippen LogP contribution in [0.4, 0.5) is 10.1 Å². The van der Waals surface area contributed by atoms with Crippen LogP contribution in [0.15, 0.2) is 75.2 Å². The van der Waals surface area contributed by atoms with E-state index in [1.54, 1.807) is 18.2 Å². The van der Waals surface area contributed by atoms with E-state index in [9.17, 15) is 14.4 Å². The smallest absolute Gasteiger partial charge is 0.266 e. The number of nitriles is 1. The average Bonchev–Trinajstić information content (AvgIpc) is 2.73. The second-order valence-electron chi connectivity index (χ2n) is 6.36. The minimum absolute atomic E-state index is 0.101. The van der Waals surface area contributed by atoms with E-state index in [1.807, 2.05) is 24.3 Å². The lowest BCUT2D eigenvalue weighted by molar-refractivity contribution is -0.112. The molecule has 0 fully saturated rings. The Morgan fingerprint density at radius 3 is 2.42 bits per heavy atom. The standard InChI is InChI=1S/C23H14Br2ClFN2O2/c24-20-10-15(8-16(12-28)23(30)29-19-6-4-18(27)5-7-19)11-21(25)22(20)31-13-14-2-1-3-17(26)9-14/h1-11H,13H2,(H,29,30)/b16-8+. The number of benzene rings is 3. The van der Waals surface area contributed by atoms with Crippen molar-refractivity contribution < 1.29 is 13.9 Å². The van der Waals surface area contributed by atoms with Crippen molar-refractivity contribution in [2.75, 3.05) is 5.32 Å². The molecule has 0 saturated heterocycles. The van der Waals surface area contributed by atoms with Crippen LogP contribution >= 0.6 is 43.5 Å². The normalized spacial score (nSPS) is 11.0. The summed E-state index contributed by atoms with van der Waals surface area (Å²) in [5, 5.41) is 12.6. The van der Waals surface area contributed by atoms with Gasteiger partial charge in [-0.15, -0.1) is 0 Å². The Kier molecular flexibility index (Phi) is 7.85. The lowest BCUT2D eigenvalue weighted by Crippen LogP contribution is -2.13. The van der Waals surface area contributed by atoms with Gasteiger partial charge in [-0.3, -0.25) is 4.79 Å². The highest BCUT2D eigenvalue weighted by Gasteiger charge is 2.13. The van der Waals surface area contributed by atoms with Crippen LogP contribution in [0.3, 0.4) is 0 Å². The van der Waals surface area contributed by atoms with Crippen LogP contribution in [0.1, 0.15) is 11.1 Å². The molecule has 156 valence electrons. The van der Waals surface area contributed by atoms with Gasteiger partial charge in [0.2, 0.25) is 0 Å². The molecule has 0 radical (unpaired) electrons. The minimum Gasteiger partial charge on any atom is -0.487 e. The minimum atomic E-state index is -0.595. The number of carbonyl (C=O) groups is 1. The lowest BCUT2D eigenvalue weighted by atomic mass is 10.1. The molecule has 0 aliphatic carbocycles. The number of ether oxygens (including phenoxy) is 1. The number of nitrogens with one attached hydrogen (secondary N) is 1. The molecule has 3 aromatic carbocycles. The van der Waals surface area contributed by atoms with Crippen molar-refractivity contribution in [3.8, 4) is 11.8 Å². The molecule has 1 N–H and O–H groups in total. The number of anilines is 1. The Morgan fingerprint density at radius 1 is 1.13 bits per heavy atom. The third-order valence-electron chi connectivity index (χ3n) is 4.07. The Hall–Kier alpha value is -2.66. The van der Waals surface area contributed by atoms with E-state index in [0.29, 0.717) is 37.6 Å². The maximum atomic E-state index is 13.0. The van der Waals surface area contributed by atoms with Crippen LogP contribution in [0.25, 0.3) is 6.08 Å². The zero-order chi connectivity index (χ0) is 22.4. The Bertz CT molecular complexity index is 1170. The zero-order valence-electron chi connectivity index (χ0n) is 15.8. The highest BCUT2D eigenvalue weighted by atomic mass is 79.9. The number of halogens is 4. The van der Waals surface area contributed by atoms with Crippen LogP contribution in [0.2, 0.25) is 5.02 Å². The predicted molar refractivity (Wildman–Crippen MR) is 126 cm³/mol. The maximum Gasteiger partial charge on any atom is 0.266 e. The van der Waals surface area contributed by atoms with Gasteiger partial charge in [0, 0.05) is 10.7 Å². The molecule has 1 amide bonds. The SMILES string of the molecule is N#C/C(=C\c1cc(Br)c(OCc2cccc(Cl)c2)c(Br)c1)C(=O)Nc1ccc(F)cc1. The molecular weight excluding hydrogens is 551 g/mol. The fraction of sp³-hybridized carbons (Fsp3) is 0.0435. The second kappa shape index (κ2) is 10.6. The Labute approximate surface area is 200 Å². The van der Waals surface area contributed by atoms with Gasteiger partial charge in [0.25, 0.3) is 5.91 Å². The monoisotopic (exact) mass is 562 g/mol. The maximum absolute atomic E-state index is 13.0. The van der Waals surface area contributed by atoms with E-state index in [4.69, 9.17) is 16.3 Å². The van der Waals surface area contributed by atoms with Crippen molar-refractivity contribution in [3.05, 3.63) is 97.1 Å². The molecule has 8 heteroatoms. The molecule has 0 aliphatic rings. The summed E-state index contributed by atoms with van der Waals surface area (Å²) in [5.74, 6) is -0.435. The topological polar surface area (TPSA) is 62.1 Å². The van der Waals surface area contributed by atoms with Crippen LogP contribution in [-0.2, 0) is 11.4 Å².